The molecule has 0 fully saturated rings. The number of nitrogens with zero attached hydrogens (tertiary/aromatic N) is 2. The average Bonchev–Trinajstić information content (AvgIpc) is 2.91. The Kier molecular flexibility index (Phi) is 15.1. The van der Waals surface area contributed by atoms with E-state index in [1.54, 1.807) is 13.8 Å². The van der Waals surface area contributed by atoms with Crippen LogP contribution in [0, 0.1) is 5.92 Å². The highest BCUT2D eigenvalue weighted by atomic mass is 16.4. The predicted octanol–water partition coefficient (Wildman–Crippen LogP) is -2.44. The average molecular weight is 593 g/mol. The van der Waals surface area contributed by atoms with E-state index < -0.39 is 47.9 Å². The first-order chi connectivity index (χ1) is 19.7. The molecule has 16 nitrogen and oxygen atoms in total. The highest BCUT2D eigenvalue weighted by Crippen LogP contribution is 2.12. The number of aliphatic carboxylic acids is 1. The van der Waals surface area contributed by atoms with Crippen LogP contribution in [-0.2, 0) is 25.6 Å². The van der Waals surface area contributed by atoms with Crippen molar-refractivity contribution in [2.45, 2.75) is 70.1 Å². The monoisotopic (exact) mass is 592 g/mol. The first-order valence-electron chi connectivity index (χ1n) is 13.5. The molecular formula is C26H44N10O6. The van der Waals surface area contributed by atoms with E-state index in [0.717, 1.165) is 0 Å². The number of nitrogens with two attached hydrogens (primary N) is 5. The quantitative estimate of drug-likeness (QED) is 0.0485. The minimum Gasteiger partial charge on any atom is -0.508 e. The van der Waals surface area contributed by atoms with Crippen molar-refractivity contribution in [3.05, 3.63) is 29.8 Å². The summed E-state index contributed by atoms with van der Waals surface area (Å²) in [6.07, 6.45) is 0.695. The molecule has 0 aromatic heterocycles. The Hall–Kier alpha value is -4.60. The summed E-state index contributed by atoms with van der Waals surface area (Å²) in [7, 11) is 0. The van der Waals surface area contributed by atoms with Gasteiger partial charge in [0.25, 0.3) is 0 Å². The van der Waals surface area contributed by atoms with Gasteiger partial charge in [0.2, 0.25) is 17.7 Å². The maximum atomic E-state index is 13.4. The summed E-state index contributed by atoms with van der Waals surface area (Å²) in [5.74, 6) is -3.77. The van der Waals surface area contributed by atoms with E-state index in [-0.39, 0.29) is 62.4 Å². The Morgan fingerprint density at radius 1 is 0.762 bits per heavy atom. The number of hydrogen-bond donors (Lipinski definition) is 10. The van der Waals surface area contributed by atoms with Gasteiger partial charge in [-0.05, 0) is 49.3 Å². The number of carbonyl (C=O) groups is 4. The number of aromatic hydroxyl groups is 1. The van der Waals surface area contributed by atoms with Gasteiger partial charge in [-0.25, -0.2) is 4.79 Å². The van der Waals surface area contributed by atoms with Gasteiger partial charge < -0.3 is 54.8 Å². The number of phenols is 1. The van der Waals surface area contributed by atoms with Crippen molar-refractivity contribution in [1.82, 2.24) is 16.0 Å². The van der Waals surface area contributed by atoms with Crippen molar-refractivity contribution in [3.8, 4) is 5.75 Å². The molecule has 3 amide bonds. The number of aliphatic imine (C=N–C) groups is 2. The van der Waals surface area contributed by atoms with Crippen LogP contribution in [0.4, 0.5) is 0 Å². The second-order valence-electron chi connectivity index (χ2n) is 10.1. The normalized spacial score (nSPS) is 13.6. The molecule has 234 valence electrons. The molecule has 1 aromatic carbocycles. The van der Waals surface area contributed by atoms with Gasteiger partial charge in [-0.3, -0.25) is 24.4 Å². The molecule has 0 aliphatic rings. The molecular weight excluding hydrogens is 548 g/mol. The van der Waals surface area contributed by atoms with Gasteiger partial charge in [-0.1, -0.05) is 26.0 Å². The molecule has 0 saturated heterocycles. The summed E-state index contributed by atoms with van der Waals surface area (Å²) in [5, 5.41) is 26.9. The molecule has 1 rings (SSSR count). The molecule has 42 heavy (non-hydrogen) atoms. The number of carboxylic acids is 1. The summed E-state index contributed by atoms with van der Waals surface area (Å²) in [6, 6.07) is 1.37. The topological polar surface area (TPSA) is 300 Å². The Morgan fingerprint density at radius 3 is 1.60 bits per heavy atom. The van der Waals surface area contributed by atoms with Crippen LogP contribution in [0.2, 0.25) is 0 Å². The van der Waals surface area contributed by atoms with Crippen LogP contribution >= 0.6 is 0 Å². The molecule has 0 bridgehead atoms. The molecule has 15 N–H and O–H groups in total. The van der Waals surface area contributed by atoms with Crippen molar-refractivity contribution in [3.63, 3.8) is 0 Å². The highest BCUT2D eigenvalue weighted by molar-refractivity contribution is 5.94. The predicted molar refractivity (Wildman–Crippen MR) is 158 cm³/mol. The van der Waals surface area contributed by atoms with E-state index >= 15 is 0 Å². The summed E-state index contributed by atoms with van der Waals surface area (Å²) < 4.78 is 0. The van der Waals surface area contributed by atoms with Gasteiger partial charge in [0, 0.05) is 19.5 Å². The fourth-order valence-electron chi connectivity index (χ4n) is 3.73. The lowest BCUT2D eigenvalue weighted by Crippen LogP contribution is -2.57. The van der Waals surface area contributed by atoms with Gasteiger partial charge in [-0.2, -0.15) is 0 Å². The third kappa shape index (κ3) is 13.6. The minimum absolute atomic E-state index is 0.00695. The molecule has 0 spiro atoms. The number of hydrogen-bond acceptors (Lipinski definition) is 8. The lowest BCUT2D eigenvalue weighted by atomic mass is 10.0. The van der Waals surface area contributed by atoms with Crippen LogP contribution in [0.3, 0.4) is 0 Å². The summed E-state index contributed by atoms with van der Waals surface area (Å²) in [4.78, 5) is 59.0. The van der Waals surface area contributed by atoms with Crippen LogP contribution in [0.25, 0.3) is 0 Å². The Morgan fingerprint density at radius 2 is 1.19 bits per heavy atom. The highest BCUT2D eigenvalue weighted by Gasteiger charge is 2.30. The van der Waals surface area contributed by atoms with E-state index in [1.807, 2.05) is 0 Å². The van der Waals surface area contributed by atoms with Gasteiger partial charge in [0.15, 0.2) is 11.9 Å². The number of guanidine groups is 2. The van der Waals surface area contributed by atoms with Crippen molar-refractivity contribution in [2.24, 2.45) is 44.6 Å². The van der Waals surface area contributed by atoms with E-state index in [0.29, 0.717) is 12.0 Å². The van der Waals surface area contributed by atoms with E-state index in [9.17, 15) is 29.4 Å². The number of rotatable bonds is 18. The number of carboxylic acid groups (broad SMARTS) is 1. The van der Waals surface area contributed by atoms with Gasteiger partial charge in [0.05, 0.1) is 6.04 Å². The lowest BCUT2D eigenvalue weighted by molar-refractivity contribution is -0.142. The van der Waals surface area contributed by atoms with E-state index in [4.69, 9.17) is 28.7 Å². The molecule has 0 aliphatic carbocycles. The largest absolute Gasteiger partial charge is 0.508 e. The van der Waals surface area contributed by atoms with Crippen LogP contribution < -0.4 is 44.6 Å². The Balaban J connectivity index is 3.14. The number of carbonyl (C=O) groups excluding carboxylic acids is 3. The maximum Gasteiger partial charge on any atom is 0.326 e. The van der Waals surface area contributed by atoms with E-state index in [2.05, 4.69) is 25.9 Å². The third-order valence-corrected chi connectivity index (χ3v) is 6.17. The fraction of sp³-hybridized carbons (Fsp3) is 0.538. The maximum absolute atomic E-state index is 13.4. The first kappa shape index (κ1) is 35.4. The molecule has 4 atom stereocenters. The molecule has 0 aliphatic heterocycles. The Bertz CT molecular complexity index is 1100. The van der Waals surface area contributed by atoms with Crippen molar-refractivity contribution in [1.29, 1.82) is 0 Å². The van der Waals surface area contributed by atoms with Gasteiger partial charge in [0.1, 0.15) is 23.9 Å². The number of phenolic OH excluding ortho intramolecular Hbond substituents is 1. The molecule has 0 saturated carbocycles. The van der Waals surface area contributed by atoms with Crippen LogP contribution in [0.5, 0.6) is 5.75 Å². The molecule has 1 aromatic rings. The number of benzene rings is 1. The number of nitrogens with one attached hydrogen (secondary N) is 3. The third-order valence-electron chi connectivity index (χ3n) is 6.17. The standard InChI is InChI=1S/C26H44N10O6/c1-14(2)20(27)23(40)35-18(6-4-12-33-26(30)31)21(38)34-17(5-3-11-32-25(28)29)22(39)36-19(24(41)42)13-15-7-9-16(37)10-8-15/h7-10,14,17-20,37H,3-6,11-13,27H2,1-2H3,(H,34,38)(H,35,40)(H,36,39)(H,41,42)(H4,28,29,32)(H4,30,31,33). The zero-order valence-electron chi connectivity index (χ0n) is 24.0. The summed E-state index contributed by atoms with van der Waals surface area (Å²) in [5.41, 5.74) is 27.9. The molecule has 4 unspecified atom stereocenters. The second-order valence-corrected chi connectivity index (χ2v) is 10.1. The first-order valence-corrected chi connectivity index (χ1v) is 13.5. The van der Waals surface area contributed by atoms with Crippen molar-refractivity contribution >= 4 is 35.6 Å². The summed E-state index contributed by atoms with van der Waals surface area (Å²) in [6.45, 7) is 3.86. The van der Waals surface area contributed by atoms with Crippen LogP contribution in [0.15, 0.2) is 34.3 Å². The van der Waals surface area contributed by atoms with Crippen LogP contribution in [-0.4, -0.2) is 83.1 Å². The van der Waals surface area contributed by atoms with Gasteiger partial charge >= 0.3 is 5.97 Å². The molecule has 16 heteroatoms. The lowest BCUT2D eigenvalue weighted by Gasteiger charge is -2.26. The summed E-state index contributed by atoms with van der Waals surface area (Å²) >= 11 is 0. The van der Waals surface area contributed by atoms with E-state index in [1.165, 1.54) is 24.3 Å². The molecule has 0 heterocycles. The van der Waals surface area contributed by atoms with Crippen LogP contribution in [0.1, 0.15) is 45.1 Å². The zero-order chi connectivity index (χ0) is 31.8. The van der Waals surface area contributed by atoms with Gasteiger partial charge in [-0.15, -0.1) is 0 Å². The molecule has 0 radical (unpaired) electrons. The fourth-order valence-corrected chi connectivity index (χ4v) is 3.73. The Labute approximate surface area is 244 Å². The minimum atomic E-state index is -1.33. The van der Waals surface area contributed by atoms with Crippen molar-refractivity contribution in [2.75, 3.05) is 13.1 Å². The zero-order valence-corrected chi connectivity index (χ0v) is 24.0. The number of amides is 3. The second kappa shape index (κ2) is 18.0. The smallest absolute Gasteiger partial charge is 0.326 e. The van der Waals surface area contributed by atoms with Crippen molar-refractivity contribution < 1.29 is 29.4 Å². The SMILES string of the molecule is CC(C)C(N)C(=O)NC(CCCN=C(N)N)C(=O)NC(CCCN=C(N)N)C(=O)NC(Cc1ccc(O)cc1)C(=O)O.